The van der Waals surface area contributed by atoms with Crippen LogP contribution in [0.4, 0.5) is 0 Å². The highest BCUT2D eigenvalue weighted by atomic mass is 35.5. The SMILES string of the molecule is C=CCc1cc(CNCC2CCCO2)cc(OC)c1OCC.Cl. The molecule has 0 radical (unpaired) electrons. The van der Waals surface area contributed by atoms with Crippen LogP contribution >= 0.6 is 12.4 Å². The molecular weight excluding hydrogens is 314 g/mol. The van der Waals surface area contributed by atoms with Gasteiger partial charge in [-0.3, -0.25) is 0 Å². The lowest BCUT2D eigenvalue weighted by molar-refractivity contribution is 0.110. The molecule has 0 spiro atoms. The Hall–Kier alpha value is -1.23. The van der Waals surface area contributed by atoms with Gasteiger partial charge in [-0.25, -0.2) is 0 Å². The molecule has 1 atom stereocenters. The molecule has 1 aliphatic rings. The number of allylic oxidation sites excluding steroid dienone is 1. The van der Waals surface area contributed by atoms with Gasteiger partial charge in [0.2, 0.25) is 0 Å². The third-order valence-electron chi connectivity index (χ3n) is 3.79. The largest absolute Gasteiger partial charge is 0.493 e. The van der Waals surface area contributed by atoms with Gasteiger partial charge in [0.25, 0.3) is 0 Å². The van der Waals surface area contributed by atoms with Crippen LogP contribution in [0.2, 0.25) is 0 Å². The Morgan fingerprint density at radius 2 is 2.26 bits per heavy atom. The summed E-state index contributed by atoms with van der Waals surface area (Å²) >= 11 is 0. The van der Waals surface area contributed by atoms with Crippen LogP contribution in [0.5, 0.6) is 11.5 Å². The van der Waals surface area contributed by atoms with E-state index in [1.54, 1.807) is 7.11 Å². The van der Waals surface area contributed by atoms with E-state index in [-0.39, 0.29) is 12.4 Å². The lowest BCUT2D eigenvalue weighted by atomic mass is 10.1. The number of methoxy groups -OCH3 is 1. The predicted molar refractivity (Wildman–Crippen MR) is 96.0 cm³/mol. The molecule has 0 aliphatic carbocycles. The molecule has 5 heteroatoms. The fraction of sp³-hybridized carbons (Fsp3) is 0.556. The van der Waals surface area contributed by atoms with Crippen LogP contribution in [0.25, 0.3) is 0 Å². The van der Waals surface area contributed by atoms with Crippen molar-refractivity contribution >= 4 is 12.4 Å². The fourth-order valence-electron chi connectivity index (χ4n) is 2.77. The van der Waals surface area contributed by atoms with E-state index >= 15 is 0 Å². The van der Waals surface area contributed by atoms with Gasteiger partial charge in [-0.1, -0.05) is 12.1 Å². The number of rotatable bonds is 9. The zero-order chi connectivity index (χ0) is 15.8. The third kappa shape index (κ3) is 5.72. The van der Waals surface area contributed by atoms with E-state index < -0.39 is 0 Å². The first-order valence-corrected chi connectivity index (χ1v) is 8.04. The van der Waals surface area contributed by atoms with Crippen molar-refractivity contribution in [1.29, 1.82) is 0 Å². The van der Waals surface area contributed by atoms with E-state index in [0.717, 1.165) is 49.6 Å². The number of halogens is 1. The number of ether oxygens (including phenoxy) is 3. The van der Waals surface area contributed by atoms with Gasteiger partial charge in [0.15, 0.2) is 11.5 Å². The molecule has 23 heavy (non-hydrogen) atoms. The second-order valence-corrected chi connectivity index (χ2v) is 5.48. The summed E-state index contributed by atoms with van der Waals surface area (Å²) in [5, 5.41) is 3.47. The van der Waals surface area contributed by atoms with E-state index in [1.807, 2.05) is 19.1 Å². The molecule has 0 aromatic heterocycles. The first kappa shape index (κ1) is 19.8. The van der Waals surface area contributed by atoms with E-state index in [2.05, 4.69) is 18.0 Å². The molecule has 1 N–H and O–H groups in total. The topological polar surface area (TPSA) is 39.7 Å². The molecule has 1 aromatic carbocycles. The van der Waals surface area contributed by atoms with Crippen molar-refractivity contribution in [3.05, 3.63) is 35.9 Å². The van der Waals surface area contributed by atoms with Crippen LogP contribution in [0.3, 0.4) is 0 Å². The van der Waals surface area contributed by atoms with E-state index in [9.17, 15) is 0 Å². The second kappa shape index (κ2) is 10.5. The van der Waals surface area contributed by atoms with Gasteiger partial charge < -0.3 is 19.5 Å². The minimum Gasteiger partial charge on any atom is -0.493 e. The maximum absolute atomic E-state index is 5.74. The van der Waals surface area contributed by atoms with Gasteiger partial charge >= 0.3 is 0 Å². The number of nitrogens with one attached hydrogen (secondary N) is 1. The number of benzene rings is 1. The van der Waals surface area contributed by atoms with Gasteiger partial charge in [-0.15, -0.1) is 19.0 Å². The van der Waals surface area contributed by atoms with E-state index in [4.69, 9.17) is 14.2 Å². The van der Waals surface area contributed by atoms with Crippen molar-refractivity contribution in [3.63, 3.8) is 0 Å². The third-order valence-corrected chi connectivity index (χ3v) is 3.79. The summed E-state index contributed by atoms with van der Waals surface area (Å²) in [6.45, 7) is 9.02. The average molecular weight is 342 g/mol. The Morgan fingerprint density at radius 1 is 1.43 bits per heavy atom. The highest BCUT2D eigenvalue weighted by Gasteiger charge is 2.15. The molecule has 2 rings (SSSR count). The van der Waals surface area contributed by atoms with Crippen LogP contribution in [-0.2, 0) is 17.7 Å². The summed E-state index contributed by atoms with van der Waals surface area (Å²) < 4.78 is 16.9. The summed E-state index contributed by atoms with van der Waals surface area (Å²) in [7, 11) is 1.68. The molecule has 1 heterocycles. The monoisotopic (exact) mass is 341 g/mol. The fourth-order valence-corrected chi connectivity index (χ4v) is 2.77. The lowest BCUT2D eigenvalue weighted by Gasteiger charge is -2.16. The van der Waals surface area contributed by atoms with Gasteiger partial charge in [-0.2, -0.15) is 0 Å². The summed E-state index contributed by atoms with van der Waals surface area (Å²) in [5.41, 5.74) is 2.31. The van der Waals surface area contributed by atoms with Crippen molar-refractivity contribution in [2.45, 2.75) is 38.8 Å². The molecule has 4 nitrogen and oxygen atoms in total. The zero-order valence-corrected chi connectivity index (χ0v) is 14.9. The normalized spacial score (nSPS) is 16.7. The average Bonchev–Trinajstić information content (AvgIpc) is 3.03. The molecule has 1 aromatic rings. The maximum Gasteiger partial charge on any atom is 0.164 e. The smallest absolute Gasteiger partial charge is 0.164 e. The molecule has 0 saturated carbocycles. The first-order chi connectivity index (χ1) is 10.8. The minimum atomic E-state index is 0. The quantitative estimate of drug-likeness (QED) is 0.698. The van der Waals surface area contributed by atoms with E-state index in [0.29, 0.717) is 12.7 Å². The predicted octanol–water partition coefficient (Wildman–Crippen LogP) is 3.51. The van der Waals surface area contributed by atoms with Crippen LogP contribution in [0.15, 0.2) is 24.8 Å². The zero-order valence-electron chi connectivity index (χ0n) is 14.1. The molecule has 0 amide bonds. The van der Waals surface area contributed by atoms with Crippen LogP contribution in [0.1, 0.15) is 30.9 Å². The molecule has 1 unspecified atom stereocenters. The molecule has 1 aliphatic heterocycles. The van der Waals surface area contributed by atoms with Crippen molar-refractivity contribution < 1.29 is 14.2 Å². The Bertz CT molecular complexity index is 487. The van der Waals surface area contributed by atoms with Crippen LogP contribution in [-0.4, -0.2) is 33.0 Å². The van der Waals surface area contributed by atoms with Gasteiger partial charge in [0.1, 0.15) is 0 Å². The summed E-state index contributed by atoms with van der Waals surface area (Å²) in [5.74, 6) is 1.61. The van der Waals surface area contributed by atoms with E-state index in [1.165, 1.54) is 12.0 Å². The van der Waals surface area contributed by atoms with Crippen molar-refractivity contribution in [2.24, 2.45) is 0 Å². The van der Waals surface area contributed by atoms with Crippen molar-refractivity contribution in [1.82, 2.24) is 5.32 Å². The maximum atomic E-state index is 5.74. The summed E-state index contributed by atoms with van der Waals surface area (Å²) in [6, 6.07) is 4.21. The Kier molecular flexibility index (Phi) is 9.07. The number of hydrogen-bond donors (Lipinski definition) is 1. The molecule has 1 fully saturated rings. The van der Waals surface area contributed by atoms with Gasteiger partial charge in [0.05, 0.1) is 19.8 Å². The van der Waals surface area contributed by atoms with Gasteiger partial charge in [-0.05, 0) is 37.8 Å². The lowest BCUT2D eigenvalue weighted by Crippen LogP contribution is -2.25. The van der Waals surface area contributed by atoms with Crippen molar-refractivity contribution in [3.8, 4) is 11.5 Å². The highest BCUT2D eigenvalue weighted by molar-refractivity contribution is 5.85. The molecular formula is C18H28ClNO3. The summed E-state index contributed by atoms with van der Waals surface area (Å²) in [4.78, 5) is 0. The highest BCUT2D eigenvalue weighted by Crippen LogP contribution is 2.33. The standard InChI is InChI=1S/C18H27NO3.ClH/c1-4-7-15-10-14(11-17(20-3)18(15)21-5-2)12-19-13-16-8-6-9-22-16;/h4,10-11,16,19H,1,5-9,12-13H2,2-3H3;1H. The Labute approximate surface area is 145 Å². The summed E-state index contributed by atoms with van der Waals surface area (Å²) in [6.07, 6.45) is 5.34. The second-order valence-electron chi connectivity index (χ2n) is 5.48. The molecule has 130 valence electrons. The molecule has 1 saturated heterocycles. The first-order valence-electron chi connectivity index (χ1n) is 8.04. The molecule has 0 bridgehead atoms. The van der Waals surface area contributed by atoms with Crippen LogP contribution in [0, 0.1) is 0 Å². The van der Waals surface area contributed by atoms with Crippen molar-refractivity contribution in [2.75, 3.05) is 26.9 Å². The van der Waals surface area contributed by atoms with Gasteiger partial charge in [0, 0.05) is 25.3 Å². The minimum absolute atomic E-state index is 0. The van der Waals surface area contributed by atoms with Crippen LogP contribution < -0.4 is 14.8 Å². The Balaban J connectivity index is 0.00000264. The number of hydrogen-bond acceptors (Lipinski definition) is 4. The Morgan fingerprint density at radius 3 is 2.87 bits per heavy atom.